The second kappa shape index (κ2) is 4.52. The van der Waals surface area contributed by atoms with Crippen molar-refractivity contribution in [3.05, 3.63) is 42.2 Å². The van der Waals surface area contributed by atoms with Crippen LogP contribution in [-0.4, -0.2) is 9.97 Å². The molecule has 4 nitrogen and oxygen atoms in total. The van der Waals surface area contributed by atoms with E-state index in [1.807, 2.05) is 30.6 Å². The first-order valence-corrected chi connectivity index (χ1v) is 7.00. The van der Waals surface area contributed by atoms with Crippen molar-refractivity contribution in [1.82, 2.24) is 9.97 Å². The molecule has 0 saturated heterocycles. The van der Waals surface area contributed by atoms with Gasteiger partial charge in [-0.1, -0.05) is 26.8 Å². The SMILES string of the molecule is CC(C)(C)c1c(-c2cnc3[nH]ccc3c2)ccc(N)c1N. The average Bonchev–Trinajstić information content (AvgIpc) is 2.87. The summed E-state index contributed by atoms with van der Waals surface area (Å²) in [6.45, 7) is 6.43. The Morgan fingerprint density at radius 3 is 2.57 bits per heavy atom. The number of hydrogen-bond acceptors (Lipinski definition) is 3. The summed E-state index contributed by atoms with van der Waals surface area (Å²) in [4.78, 5) is 7.57. The maximum Gasteiger partial charge on any atom is 0.137 e. The Kier molecular flexibility index (Phi) is 2.90. The Morgan fingerprint density at radius 1 is 1.10 bits per heavy atom. The van der Waals surface area contributed by atoms with Crippen LogP contribution in [0.4, 0.5) is 11.4 Å². The Balaban J connectivity index is 2.28. The Morgan fingerprint density at radius 2 is 1.86 bits per heavy atom. The highest BCUT2D eigenvalue weighted by Gasteiger charge is 2.23. The minimum Gasteiger partial charge on any atom is -0.397 e. The quantitative estimate of drug-likeness (QED) is 0.595. The Bertz CT molecular complexity index is 809. The van der Waals surface area contributed by atoms with Crippen LogP contribution >= 0.6 is 0 Å². The van der Waals surface area contributed by atoms with Crippen molar-refractivity contribution in [1.29, 1.82) is 0 Å². The molecule has 2 aromatic heterocycles. The van der Waals surface area contributed by atoms with E-state index >= 15 is 0 Å². The van der Waals surface area contributed by atoms with Crippen molar-refractivity contribution < 1.29 is 0 Å². The molecular formula is C17H20N4. The number of fused-ring (bicyclic) bond motifs is 1. The molecule has 0 spiro atoms. The van der Waals surface area contributed by atoms with E-state index in [1.54, 1.807) is 0 Å². The zero-order valence-electron chi connectivity index (χ0n) is 12.6. The van der Waals surface area contributed by atoms with Crippen LogP contribution in [0.3, 0.4) is 0 Å². The monoisotopic (exact) mass is 280 g/mol. The molecule has 0 aliphatic rings. The highest BCUT2D eigenvalue weighted by atomic mass is 14.8. The van der Waals surface area contributed by atoms with Gasteiger partial charge >= 0.3 is 0 Å². The normalized spacial score (nSPS) is 12.0. The fourth-order valence-corrected chi connectivity index (χ4v) is 2.77. The van der Waals surface area contributed by atoms with Crippen LogP contribution in [0.25, 0.3) is 22.2 Å². The molecule has 0 aliphatic heterocycles. The largest absolute Gasteiger partial charge is 0.397 e. The zero-order valence-corrected chi connectivity index (χ0v) is 12.6. The molecular weight excluding hydrogens is 260 g/mol. The van der Waals surface area contributed by atoms with Gasteiger partial charge in [-0.25, -0.2) is 4.98 Å². The highest BCUT2D eigenvalue weighted by Crippen LogP contribution is 2.39. The van der Waals surface area contributed by atoms with Crippen molar-refractivity contribution >= 4 is 22.4 Å². The van der Waals surface area contributed by atoms with Crippen LogP contribution in [-0.2, 0) is 5.41 Å². The van der Waals surface area contributed by atoms with Gasteiger partial charge in [0.1, 0.15) is 5.65 Å². The number of nitrogen functional groups attached to an aromatic ring is 2. The van der Waals surface area contributed by atoms with Crippen LogP contribution in [0.2, 0.25) is 0 Å². The molecule has 0 saturated carbocycles. The summed E-state index contributed by atoms with van der Waals surface area (Å²) in [5, 5.41) is 1.09. The van der Waals surface area contributed by atoms with Crippen LogP contribution < -0.4 is 11.5 Å². The van der Waals surface area contributed by atoms with Gasteiger partial charge in [-0.2, -0.15) is 0 Å². The second-order valence-corrected chi connectivity index (χ2v) is 6.38. The number of benzene rings is 1. The molecule has 0 radical (unpaired) electrons. The van der Waals surface area contributed by atoms with Crippen molar-refractivity contribution in [2.45, 2.75) is 26.2 Å². The molecule has 3 rings (SSSR count). The highest BCUT2D eigenvalue weighted by molar-refractivity contribution is 5.86. The molecule has 5 N–H and O–H groups in total. The summed E-state index contributed by atoms with van der Waals surface area (Å²) in [6, 6.07) is 8.03. The summed E-state index contributed by atoms with van der Waals surface area (Å²) in [5.41, 5.74) is 17.5. The van der Waals surface area contributed by atoms with Crippen molar-refractivity contribution in [2.75, 3.05) is 11.5 Å². The van der Waals surface area contributed by atoms with E-state index in [0.29, 0.717) is 11.4 Å². The summed E-state index contributed by atoms with van der Waals surface area (Å²) in [6.07, 6.45) is 3.77. The molecule has 1 aromatic carbocycles. The van der Waals surface area contributed by atoms with Gasteiger partial charge in [-0.05, 0) is 34.7 Å². The maximum absolute atomic E-state index is 6.25. The van der Waals surface area contributed by atoms with Gasteiger partial charge < -0.3 is 16.5 Å². The topological polar surface area (TPSA) is 80.7 Å². The van der Waals surface area contributed by atoms with Crippen LogP contribution in [0.15, 0.2) is 36.7 Å². The van der Waals surface area contributed by atoms with Gasteiger partial charge in [0.05, 0.1) is 11.4 Å². The third kappa shape index (κ3) is 2.23. The summed E-state index contributed by atoms with van der Waals surface area (Å²) < 4.78 is 0. The van der Waals surface area contributed by atoms with E-state index in [0.717, 1.165) is 27.7 Å². The molecule has 2 heterocycles. The first kappa shape index (κ1) is 13.5. The average molecular weight is 280 g/mol. The Labute approximate surface area is 124 Å². The fourth-order valence-electron chi connectivity index (χ4n) is 2.77. The third-order valence-electron chi connectivity index (χ3n) is 3.74. The van der Waals surface area contributed by atoms with Crippen molar-refractivity contribution in [2.24, 2.45) is 0 Å². The standard InChI is InChI=1S/C17H20N4/c1-17(2,3)14-12(4-5-13(18)15(14)19)11-8-10-6-7-20-16(10)21-9-11/h4-9H,18-19H2,1-3H3,(H,20,21). The molecule has 0 aliphatic carbocycles. The van der Waals surface area contributed by atoms with E-state index in [1.165, 1.54) is 0 Å². The van der Waals surface area contributed by atoms with Crippen molar-refractivity contribution in [3.63, 3.8) is 0 Å². The van der Waals surface area contributed by atoms with Crippen LogP contribution in [0.1, 0.15) is 26.3 Å². The minimum absolute atomic E-state index is 0.0953. The summed E-state index contributed by atoms with van der Waals surface area (Å²) >= 11 is 0. The summed E-state index contributed by atoms with van der Waals surface area (Å²) in [7, 11) is 0. The number of hydrogen-bond donors (Lipinski definition) is 3. The number of rotatable bonds is 1. The maximum atomic E-state index is 6.25. The molecule has 21 heavy (non-hydrogen) atoms. The van der Waals surface area contributed by atoms with Crippen LogP contribution in [0.5, 0.6) is 0 Å². The lowest BCUT2D eigenvalue weighted by molar-refractivity contribution is 0.594. The second-order valence-electron chi connectivity index (χ2n) is 6.38. The van der Waals surface area contributed by atoms with Crippen LogP contribution in [0, 0.1) is 0 Å². The summed E-state index contributed by atoms with van der Waals surface area (Å²) in [5.74, 6) is 0. The van der Waals surface area contributed by atoms with Gasteiger partial charge in [0.25, 0.3) is 0 Å². The third-order valence-corrected chi connectivity index (χ3v) is 3.74. The molecule has 108 valence electrons. The van der Waals surface area contributed by atoms with E-state index < -0.39 is 0 Å². The van der Waals surface area contributed by atoms with E-state index in [-0.39, 0.29) is 5.41 Å². The van der Waals surface area contributed by atoms with E-state index in [2.05, 4.69) is 36.8 Å². The Hall–Kier alpha value is -2.49. The molecule has 0 atom stereocenters. The number of nitrogens with one attached hydrogen (secondary N) is 1. The molecule has 0 unspecified atom stereocenters. The number of nitrogens with two attached hydrogens (primary N) is 2. The minimum atomic E-state index is -0.0953. The molecule has 0 bridgehead atoms. The molecule has 3 aromatic rings. The van der Waals surface area contributed by atoms with Gasteiger partial charge in [0.15, 0.2) is 0 Å². The predicted octanol–water partition coefficient (Wildman–Crippen LogP) is 3.69. The first-order chi connectivity index (χ1) is 9.88. The predicted molar refractivity (Wildman–Crippen MR) is 89.1 cm³/mol. The van der Waals surface area contributed by atoms with E-state index in [4.69, 9.17) is 11.5 Å². The van der Waals surface area contributed by atoms with Gasteiger partial charge in [-0.15, -0.1) is 0 Å². The van der Waals surface area contributed by atoms with Gasteiger partial charge in [0, 0.05) is 23.3 Å². The number of aromatic amines is 1. The first-order valence-electron chi connectivity index (χ1n) is 7.00. The number of aromatic nitrogens is 2. The van der Waals surface area contributed by atoms with E-state index in [9.17, 15) is 0 Å². The zero-order chi connectivity index (χ0) is 15.2. The molecule has 0 amide bonds. The number of pyridine rings is 1. The number of anilines is 2. The lowest BCUT2D eigenvalue weighted by Crippen LogP contribution is -2.17. The lowest BCUT2D eigenvalue weighted by atomic mass is 9.80. The van der Waals surface area contributed by atoms with Gasteiger partial charge in [0.2, 0.25) is 0 Å². The lowest BCUT2D eigenvalue weighted by Gasteiger charge is -2.26. The van der Waals surface area contributed by atoms with Gasteiger partial charge in [-0.3, -0.25) is 0 Å². The molecule has 0 fully saturated rings. The number of H-pyrrole nitrogens is 1. The van der Waals surface area contributed by atoms with Crippen molar-refractivity contribution in [3.8, 4) is 11.1 Å². The smallest absolute Gasteiger partial charge is 0.137 e. The fraction of sp³-hybridized carbons (Fsp3) is 0.235. The molecule has 4 heteroatoms. The number of nitrogens with zero attached hydrogens (tertiary/aromatic N) is 1.